The quantitative estimate of drug-likeness (QED) is 0.280. The monoisotopic (exact) mass is 489 g/mol. The zero-order valence-electron chi connectivity index (χ0n) is 23.5. The van der Waals surface area contributed by atoms with Crippen molar-refractivity contribution in [1.82, 2.24) is 15.5 Å². The van der Waals surface area contributed by atoms with Crippen molar-refractivity contribution in [3.8, 4) is 0 Å². The summed E-state index contributed by atoms with van der Waals surface area (Å²) >= 11 is 0. The van der Waals surface area contributed by atoms with Gasteiger partial charge in [-0.1, -0.05) is 85.4 Å². The minimum atomic E-state index is -1.03. The predicted octanol–water partition coefficient (Wildman–Crippen LogP) is 4.33. The van der Waals surface area contributed by atoms with Gasteiger partial charge in [-0.05, 0) is 37.8 Å². The van der Waals surface area contributed by atoms with E-state index in [1.165, 1.54) is 11.8 Å². The Hall–Kier alpha value is -2.67. The van der Waals surface area contributed by atoms with Gasteiger partial charge in [0.2, 0.25) is 11.8 Å². The first-order chi connectivity index (χ1) is 16.0. The van der Waals surface area contributed by atoms with Crippen LogP contribution >= 0.6 is 0 Å². The van der Waals surface area contributed by atoms with E-state index >= 15 is 0 Å². The van der Waals surface area contributed by atoms with Crippen LogP contribution in [0.1, 0.15) is 62.3 Å². The average molecular weight is 490 g/mol. The molecule has 35 heavy (non-hydrogen) atoms. The summed E-state index contributed by atoms with van der Waals surface area (Å²) in [6, 6.07) is -1.86. The number of allylic oxidation sites excluding steroid dienone is 4. The van der Waals surface area contributed by atoms with Gasteiger partial charge in [0.15, 0.2) is 0 Å². The van der Waals surface area contributed by atoms with Crippen molar-refractivity contribution < 1.29 is 19.5 Å². The molecule has 3 atom stereocenters. The molecule has 0 aromatic carbocycles. The predicted molar refractivity (Wildman–Crippen MR) is 144 cm³/mol. The summed E-state index contributed by atoms with van der Waals surface area (Å²) in [6.45, 7) is 20.7. The van der Waals surface area contributed by atoms with Gasteiger partial charge in [0.1, 0.15) is 6.04 Å². The minimum absolute atomic E-state index is 0.0209. The first-order valence-electron chi connectivity index (χ1n) is 12.1. The summed E-state index contributed by atoms with van der Waals surface area (Å²) in [5, 5.41) is 15.4. The number of nitrogens with zero attached hydrogens (tertiary/aromatic N) is 1. The lowest BCUT2D eigenvalue weighted by Crippen LogP contribution is -2.61. The second-order valence-electron chi connectivity index (χ2n) is 10.9. The van der Waals surface area contributed by atoms with Crippen molar-refractivity contribution in [2.75, 3.05) is 14.1 Å². The van der Waals surface area contributed by atoms with E-state index in [2.05, 4.69) is 17.2 Å². The molecule has 7 nitrogen and oxygen atoms in total. The van der Waals surface area contributed by atoms with E-state index in [0.717, 1.165) is 5.57 Å². The Labute approximate surface area is 212 Å². The lowest BCUT2D eigenvalue weighted by Gasteiger charge is -2.40. The number of carbonyl (C=O) groups is 3. The third-order valence-corrected chi connectivity index (χ3v) is 6.37. The molecule has 0 fully saturated rings. The fraction of sp³-hybridized carbons (Fsp3) is 0.607. The molecule has 0 rings (SSSR count). The molecule has 0 aliphatic rings. The van der Waals surface area contributed by atoms with Gasteiger partial charge in [-0.25, -0.2) is 4.79 Å². The van der Waals surface area contributed by atoms with Gasteiger partial charge in [-0.15, -0.1) is 0 Å². The van der Waals surface area contributed by atoms with E-state index in [0.29, 0.717) is 0 Å². The van der Waals surface area contributed by atoms with Gasteiger partial charge in [-0.2, -0.15) is 0 Å². The topological polar surface area (TPSA) is 98.7 Å². The largest absolute Gasteiger partial charge is 0.478 e. The molecular formula is C28H47N3O4. The van der Waals surface area contributed by atoms with Crippen molar-refractivity contribution in [2.45, 2.75) is 80.4 Å². The van der Waals surface area contributed by atoms with Gasteiger partial charge in [0.25, 0.3) is 0 Å². The van der Waals surface area contributed by atoms with Crippen molar-refractivity contribution >= 4 is 17.8 Å². The standard InChI is InChI=1S/C28H47N3O4/c1-13-15-16-20(14-2)28(9,10)22(29-11)24(32)30-23(27(6,7)8)25(33)31(12)21(18(3)4)17-19(5)26(34)35/h13-18,21-23,29H,1H2,2-12H3,(H,30,32)(H,34,35)/b16-15-,19-17+,20-14+/t21-,22-,23?/m1/s1. The van der Waals surface area contributed by atoms with Gasteiger partial charge in [-0.3, -0.25) is 9.59 Å². The molecule has 2 amide bonds. The van der Waals surface area contributed by atoms with Crippen LogP contribution < -0.4 is 10.6 Å². The Kier molecular flexibility index (Phi) is 12.4. The summed E-state index contributed by atoms with van der Waals surface area (Å²) in [4.78, 5) is 40.2. The highest BCUT2D eigenvalue weighted by Gasteiger charge is 2.41. The Morgan fingerprint density at radius 2 is 1.60 bits per heavy atom. The van der Waals surface area contributed by atoms with Gasteiger partial charge < -0.3 is 20.6 Å². The SMILES string of the molecule is C=C/C=C\C(=C/C)C(C)(C)[C@H](NC)C(=O)NC(C(=O)N(C)[C@H](/C=C(\C)C(=O)O)C(C)C)C(C)(C)C. The summed E-state index contributed by atoms with van der Waals surface area (Å²) < 4.78 is 0. The number of aliphatic carboxylic acids is 1. The molecule has 0 spiro atoms. The average Bonchev–Trinajstić information content (AvgIpc) is 2.74. The maximum Gasteiger partial charge on any atom is 0.331 e. The number of amides is 2. The maximum atomic E-state index is 13.7. The summed E-state index contributed by atoms with van der Waals surface area (Å²) in [5.41, 5.74) is -0.0328. The van der Waals surface area contributed by atoms with E-state index in [4.69, 9.17) is 0 Å². The zero-order valence-corrected chi connectivity index (χ0v) is 23.5. The van der Waals surface area contributed by atoms with Crippen LogP contribution in [-0.4, -0.2) is 60.0 Å². The lowest BCUT2D eigenvalue weighted by molar-refractivity contribution is -0.141. The first kappa shape index (κ1) is 32.3. The molecule has 7 heteroatoms. The second-order valence-corrected chi connectivity index (χ2v) is 10.9. The van der Waals surface area contributed by atoms with Crippen LogP contribution in [0.4, 0.5) is 0 Å². The number of rotatable bonds is 12. The lowest BCUT2D eigenvalue weighted by atomic mass is 9.75. The van der Waals surface area contributed by atoms with Gasteiger partial charge >= 0.3 is 5.97 Å². The molecule has 198 valence electrons. The van der Waals surface area contributed by atoms with Crippen molar-refractivity contribution in [3.05, 3.63) is 48.1 Å². The number of carbonyl (C=O) groups excluding carboxylic acids is 2. The number of carboxylic acids is 1. The van der Waals surface area contributed by atoms with Crippen LogP contribution in [0.3, 0.4) is 0 Å². The van der Waals surface area contributed by atoms with Crippen LogP contribution in [0.15, 0.2) is 48.1 Å². The molecule has 0 saturated heterocycles. The number of likely N-dealkylation sites (N-methyl/N-ethyl adjacent to an activating group) is 2. The van der Waals surface area contributed by atoms with Crippen molar-refractivity contribution in [2.24, 2.45) is 16.7 Å². The van der Waals surface area contributed by atoms with Gasteiger partial charge in [0.05, 0.1) is 12.1 Å². The Balaban J connectivity index is 6.22. The van der Waals surface area contributed by atoms with E-state index in [1.54, 1.807) is 26.2 Å². The van der Waals surface area contributed by atoms with Crippen LogP contribution in [-0.2, 0) is 14.4 Å². The number of nitrogens with one attached hydrogen (secondary N) is 2. The number of hydrogen-bond donors (Lipinski definition) is 3. The number of hydrogen-bond acceptors (Lipinski definition) is 4. The fourth-order valence-electron chi connectivity index (χ4n) is 4.14. The maximum absolute atomic E-state index is 13.7. The highest BCUT2D eigenvalue weighted by Crippen LogP contribution is 2.32. The third kappa shape index (κ3) is 8.80. The van der Waals surface area contributed by atoms with Crippen LogP contribution in [0.25, 0.3) is 0 Å². The molecule has 0 saturated carbocycles. The van der Waals surface area contributed by atoms with Gasteiger partial charge in [0, 0.05) is 18.0 Å². The van der Waals surface area contributed by atoms with Crippen molar-refractivity contribution in [1.29, 1.82) is 0 Å². The van der Waals surface area contributed by atoms with E-state index in [1.807, 2.05) is 73.6 Å². The fourth-order valence-corrected chi connectivity index (χ4v) is 4.14. The zero-order chi connectivity index (χ0) is 27.7. The molecule has 0 aliphatic carbocycles. The molecule has 1 unspecified atom stereocenters. The molecular weight excluding hydrogens is 442 g/mol. The minimum Gasteiger partial charge on any atom is -0.478 e. The molecule has 0 aromatic rings. The van der Waals surface area contributed by atoms with E-state index < -0.39 is 34.9 Å². The van der Waals surface area contributed by atoms with Crippen molar-refractivity contribution in [3.63, 3.8) is 0 Å². The normalized spacial score (nSPS) is 16.1. The molecule has 0 bridgehead atoms. The summed E-state index contributed by atoms with van der Waals surface area (Å²) in [7, 11) is 3.38. The summed E-state index contributed by atoms with van der Waals surface area (Å²) in [5.74, 6) is -1.61. The second kappa shape index (κ2) is 13.4. The highest BCUT2D eigenvalue weighted by molar-refractivity contribution is 5.91. The molecule has 0 aromatic heterocycles. The molecule has 0 aliphatic heterocycles. The smallest absolute Gasteiger partial charge is 0.331 e. The third-order valence-electron chi connectivity index (χ3n) is 6.37. The molecule has 0 heterocycles. The number of carboxylic acid groups (broad SMARTS) is 1. The Morgan fingerprint density at radius 3 is 1.97 bits per heavy atom. The molecule has 0 radical (unpaired) electrons. The van der Waals surface area contributed by atoms with E-state index in [9.17, 15) is 19.5 Å². The Bertz CT molecular complexity index is 860. The first-order valence-corrected chi connectivity index (χ1v) is 12.1. The van der Waals surface area contributed by atoms with Crippen LogP contribution in [0.2, 0.25) is 0 Å². The van der Waals surface area contributed by atoms with Crippen LogP contribution in [0, 0.1) is 16.7 Å². The Morgan fingerprint density at radius 1 is 1.06 bits per heavy atom. The van der Waals surface area contributed by atoms with Crippen LogP contribution in [0.5, 0.6) is 0 Å². The molecule has 3 N–H and O–H groups in total. The van der Waals surface area contributed by atoms with E-state index in [-0.39, 0.29) is 23.3 Å². The highest BCUT2D eigenvalue weighted by atomic mass is 16.4. The summed E-state index contributed by atoms with van der Waals surface area (Å²) in [6.07, 6.45) is 8.99.